The Bertz CT molecular complexity index is 4770. The molecule has 6 aromatic heterocycles. The monoisotopic (exact) mass is 1770 g/mol. The first-order valence-corrected chi connectivity index (χ1v) is 41.4. The van der Waals surface area contributed by atoms with Crippen molar-refractivity contribution in [3.05, 3.63) is 345 Å². The van der Waals surface area contributed by atoms with Crippen LogP contribution >= 0.6 is 0 Å². The molecule has 0 radical (unpaired) electrons. The van der Waals surface area contributed by atoms with Gasteiger partial charge in [0, 0.05) is 73.8 Å². The number of carbonyl (C=O) groups excluding carboxylic acids is 2. The Morgan fingerprint density at radius 1 is 0.289 bits per heavy atom. The number of rotatable bonds is 27. The van der Waals surface area contributed by atoms with Crippen molar-refractivity contribution in [2.24, 2.45) is 0 Å². The normalized spacial score (nSPS) is 13.0. The van der Waals surface area contributed by atoms with Crippen molar-refractivity contribution in [3.63, 3.8) is 0 Å². The summed E-state index contributed by atoms with van der Waals surface area (Å²) in [6.45, 7) is 17.0. The second kappa shape index (κ2) is 52.7. The molecule has 0 amide bonds. The third-order valence-electron chi connectivity index (χ3n) is 18.9. The second-order valence-corrected chi connectivity index (χ2v) is 29.3. The van der Waals surface area contributed by atoms with Crippen LogP contribution < -0.4 is 28.1 Å². The van der Waals surface area contributed by atoms with Crippen LogP contribution in [0, 0.1) is 27.7 Å². The Labute approximate surface area is 739 Å². The smallest absolute Gasteiger partial charge is 0.487 e. The topological polar surface area (TPSA) is 223 Å². The number of hydrogen-bond acceptors (Lipinski definition) is 20. The van der Waals surface area contributed by atoms with Gasteiger partial charge in [-0.05, 0) is 203 Å². The molecule has 0 atom stereocenters. The van der Waals surface area contributed by atoms with Gasteiger partial charge < -0.3 is 101 Å². The fourth-order valence-corrected chi connectivity index (χ4v) is 12.9. The van der Waals surface area contributed by atoms with Gasteiger partial charge in [0.05, 0.1) is 117 Å². The highest BCUT2D eigenvalue weighted by Gasteiger charge is 2.23. The van der Waals surface area contributed by atoms with Gasteiger partial charge in [-0.2, -0.15) is 9.13 Å². The number of pyridine rings is 6. The summed E-state index contributed by atoms with van der Waals surface area (Å²) in [6.07, 6.45) is 22.4. The van der Waals surface area contributed by atoms with E-state index in [0.717, 1.165) is 113 Å². The Balaban J connectivity index is 0.000000250. The maximum absolute atomic E-state index is 12.5. The number of fused-ring (bicyclic) bond motifs is 2. The highest BCUT2D eigenvalue weighted by Crippen LogP contribution is 2.35. The molecule has 12 aromatic rings. The number of esters is 2. The van der Waals surface area contributed by atoms with Crippen LogP contribution in [0.3, 0.4) is 0 Å². The number of hydrogen-bond donors (Lipinski definition) is 0. The van der Waals surface area contributed by atoms with E-state index in [0.29, 0.717) is 140 Å². The minimum absolute atomic E-state index is 0.236. The fraction of sp³-hybridized carbons (Fsp3) is 0.292. The molecule has 0 fully saturated rings. The van der Waals surface area contributed by atoms with Crippen molar-refractivity contribution in [1.82, 2.24) is 19.9 Å². The number of ether oxygens (including phenoxy) is 14. The quantitative estimate of drug-likeness (QED) is 0.0202. The molecule has 674 valence electrons. The molecule has 1 aliphatic heterocycles. The number of carbonyl (C=O) groups is 2. The van der Waals surface area contributed by atoms with E-state index in [-0.39, 0.29) is 51.6 Å². The molecule has 0 N–H and O–H groups in total. The number of aryl methyl sites for hydroxylation is 6. The average Bonchev–Trinajstić information content (AvgIpc) is 0.816. The molecule has 1 aliphatic rings. The summed E-state index contributed by atoms with van der Waals surface area (Å²) in [4.78, 5) is 41.5. The maximum atomic E-state index is 12.5. The summed E-state index contributed by atoms with van der Waals surface area (Å²) >= 11 is 0. The van der Waals surface area contributed by atoms with Crippen molar-refractivity contribution in [2.75, 3.05) is 79.3 Å². The standard InChI is InChI=1S/C52H60N4O12.C44H42N2O4.2BF4/c1-9-53-10-2-41(1)33-61-37-45-29-49-50(30-46(45)38-62-34-42-3-11-54-12-4-42)66-26-22-58-19-20-60-24-28-68-52-32-48(40-64-36-44-7-15-56-16-8-44)47(39-63-35-43-5-13-55-14-6-43)31-51(52)67-27-23-59-18-17-57-21-25-65-49;1-31-23-32(2)26-41(25-31)43(47)49-29-35-5-9-37(10-6-35)39-13-17-45(18-14-39)21-22-46-19-15-40(16-20-46)38-11-7-36(8-12-38)30-50-44(48)42-27-33(3)24-34(4)28-42;2*2-1(3,4)5/h1-16,29-32H,17-28,33-40H2;5-20,23-28H,21-22,29-30H2,1-4H3;;/q;+2;2*-1. The summed E-state index contributed by atoms with van der Waals surface area (Å²) in [5.41, 5.74) is 19.5. The van der Waals surface area contributed by atoms with Gasteiger partial charge in [0.25, 0.3) is 0 Å². The van der Waals surface area contributed by atoms with Crippen LogP contribution in [0.1, 0.15) is 98.6 Å². The number of halogens is 8. The second-order valence-electron chi connectivity index (χ2n) is 29.3. The molecule has 6 aromatic carbocycles. The lowest BCUT2D eigenvalue weighted by molar-refractivity contribution is -0.778. The summed E-state index contributed by atoms with van der Waals surface area (Å²) in [7, 11) is -12.0. The van der Waals surface area contributed by atoms with E-state index in [2.05, 4.69) is 102 Å². The van der Waals surface area contributed by atoms with Crippen LogP contribution in [0.15, 0.2) is 256 Å². The molecule has 7 heterocycles. The van der Waals surface area contributed by atoms with Crippen molar-refractivity contribution in [2.45, 2.75) is 107 Å². The third kappa shape index (κ3) is 37.3. The van der Waals surface area contributed by atoms with E-state index in [1.54, 1.807) is 49.6 Å². The SMILES string of the molecule is Cc1cc(C)cc(C(=O)OCc2ccc(-c3cc[n+](CC[n+]4ccc(-c5ccc(COC(=O)c6cc(C)cc(C)c6)cc5)cc4)cc3)cc2)c1.F[B-](F)(F)F.F[B-](F)(F)F.c1cc(COCc2cc3c(cc2COCc2ccncc2)OCCOCCOCCOc2cc(COCc4ccncc4)c(COCc4ccncc4)cc2OCCOCCOCCO3)ccn1. The average molecular weight is 1770 g/mol. The van der Waals surface area contributed by atoms with E-state index in [9.17, 15) is 44.1 Å². The first-order chi connectivity index (χ1) is 61.9. The van der Waals surface area contributed by atoms with Gasteiger partial charge in [0.15, 0.2) is 47.8 Å². The van der Waals surface area contributed by atoms with Gasteiger partial charge in [-0.1, -0.05) is 82.9 Å². The van der Waals surface area contributed by atoms with Crippen LogP contribution in [0.4, 0.5) is 34.5 Å². The molecule has 0 unspecified atom stereocenters. The summed E-state index contributed by atoms with van der Waals surface area (Å²) in [5, 5.41) is 0. The van der Waals surface area contributed by atoms with Crippen LogP contribution in [0.5, 0.6) is 23.0 Å². The van der Waals surface area contributed by atoms with E-state index in [4.69, 9.17) is 66.3 Å². The summed E-state index contributed by atoms with van der Waals surface area (Å²) in [6, 6.07) is 59.5. The van der Waals surface area contributed by atoms with Gasteiger partial charge in [-0.3, -0.25) is 19.9 Å². The van der Waals surface area contributed by atoms with Gasteiger partial charge >= 0.3 is 26.4 Å². The zero-order chi connectivity index (χ0) is 90.6. The van der Waals surface area contributed by atoms with E-state index in [1.165, 1.54) is 0 Å². The van der Waals surface area contributed by atoms with E-state index in [1.807, 2.05) is 161 Å². The first kappa shape index (κ1) is 97.8. The number of benzene rings is 6. The molecule has 0 aliphatic carbocycles. The molecule has 0 bridgehead atoms. The molecule has 22 nitrogen and oxygen atoms in total. The van der Waals surface area contributed by atoms with Crippen molar-refractivity contribution in [3.8, 4) is 45.3 Å². The van der Waals surface area contributed by atoms with Gasteiger partial charge in [-0.15, -0.1) is 0 Å². The molecule has 13 rings (SSSR count). The summed E-state index contributed by atoms with van der Waals surface area (Å²) in [5.74, 6) is 1.64. The molecule has 32 heteroatoms. The van der Waals surface area contributed by atoms with E-state index < -0.39 is 14.5 Å². The molecule has 0 saturated heterocycles. The van der Waals surface area contributed by atoms with Gasteiger partial charge in [-0.25, -0.2) is 9.59 Å². The van der Waals surface area contributed by atoms with Gasteiger partial charge in [0.2, 0.25) is 13.1 Å². The maximum Gasteiger partial charge on any atom is 0.673 e. The molecular weight excluding hydrogens is 1670 g/mol. The van der Waals surface area contributed by atoms with Crippen LogP contribution in [0.25, 0.3) is 22.3 Å². The fourth-order valence-electron chi connectivity index (χ4n) is 12.9. The Hall–Kier alpha value is -12.4. The predicted octanol–water partition coefficient (Wildman–Crippen LogP) is 18.3. The lowest BCUT2D eigenvalue weighted by Crippen LogP contribution is -2.43. The lowest BCUT2D eigenvalue weighted by Gasteiger charge is -2.19. The minimum Gasteiger partial charge on any atom is -0.487 e. The largest absolute Gasteiger partial charge is 0.673 e. The molecule has 0 spiro atoms. The number of nitrogens with zero attached hydrogens (tertiary/aromatic N) is 6. The van der Waals surface area contributed by atoms with Crippen LogP contribution in [-0.2, 0) is 127 Å². The van der Waals surface area contributed by atoms with Gasteiger partial charge in [0.1, 0.15) is 39.6 Å². The number of aromatic nitrogens is 6. The zero-order valence-corrected chi connectivity index (χ0v) is 71.6. The van der Waals surface area contributed by atoms with Crippen molar-refractivity contribution >= 4 is 26.4 Å². The van der Waals surface area contributed by atoms with Crippen molar-refractivity contribution < 1.29 is 120 Å². The van der Waals surface area contributed by atoms with Crippen LogP contribution in [-0.4, -0.2) is 126 Å². The zero-order valence-electron chi connectivity index (χ0n) is 71.6. The molecule has 0 saturated carbocycles. The van der Waals surface area contributed by atoms with Crippen LogP contribution in [0.2, 0.25) is 0 Å². The lowest BCUT2D eigenvalue weighted by atomic mass is 10.1. The highest BCUT2D eigenvalue weighted by atomic mass is 19.5. The Kier molecular flexibility index (Phi) is 40.2. The summed E-state index contributed by atoms with van der Waals surface area (Å²) < 4.78 is 167. The highest BCUT2D eigenvalue weighted by molar-refractivity contribution is 6.50. The van der Waals surface area contributed by atoms with Crippen molar-refractivity contribution in [1.29, 1.82) is 0 Å². The first-order valence-electron chi connectivity index (χ1n) is 41.4. The third-order valence-corrected chi connectivity index (χ3v) is 18.9. The Morgan fingerprint density at radius 2 is 0.508 bits per heavy atom. The molecular formula is C96H102B2F8N6O16. The molecule has 128 heavy (non-hydrogen) atoms. The Morgan fingerprint density at radius 3 is 0.750 bits per heavy atom. The predicted molar refractivity (Wildman–Crippen MR) is 464 cm³/mol. The van der Waals surface area contributed by atoms with E-state index >= 15 is 0 Å². The minimum atomic E-state index is -6.00.